The fourth-order valence-electron chi connectivity index (χ4n) is 3.58. The second-order valence-corrected chi connectivity index (χ2v) is 7.67. The van der Waals surface area contributed by atoms with Crippen LogP contribution in [-0.2, 0) is 21.6 Å². The summed E-state index contributed by atoms with van der Waals surface area (Å²) in [6, 6.07) is 12.2. The first-order valence-electron chi connectivity index (χ1n) is 9.15. The van der Waals surface area contributed by atoms with Crippen LogP contribution < -0.4 is 10.1 Å². The molecule has 3 rings (SSSR count). The summed E-state index contributed by atoms with van der Waals surface area (Å²) in [5.74, 6) is 1.79. The molecule has 29 heavy (non-hydrogen) atoms. The first-order valence-corrected chi connectivity index (χ1v) is 9.15. The van der Waals surface area contributed by atoms with Gasteiger partial charge in [0.1, 0.15) is 12.4 Å². The molecule has 0 radical (unpaired) electrons. The van der Waals surface area contributed by atoms with Crippen LogP contribution in [0.15, 0.2) is 42.5 Å². The average Bonchev–Trinajstić information content (AvgIpc) is 3.07. The molecule has 1 unspecified atom stereocenters. The molecule has 6 heteroatoms. The molecule has 0 saturated heterocycles. The Kier molecular flexibility index (Phi) is 5.36. The fourth-order valence-corrected chi connectivity index (χ4v) is 3.58. The van der Waals surface area contributed by atoms with E-state index < -0.39 is 22.9 Å². The lowest BCUT2D eigenvalue weighted by molar-refractivity contribution is -0.130. The maximum absolute atomic E-state index is 12.9. The Morgan fingerprint density at radius 2 is 2.03 bits per heavy atom. The third-order valence-electron chi connectivity index (χ3n) is 5.09. The third-order valence-corrected chi connectivity index (χ3v) is 5.09. The van der Waals surface area contributed by atoms with E-state index in [9.17, 15) is 14.7 Å². The highest BCUT2D eigenvalue weighted by Gasteiger charge is 2.41. The molecule has 0 spiro atoms. The molecule has 0 bridgehead atoms. The van der Waals surface area contributed by atoms with Gasteiger partial charge in [-0.2, -0.15) is 0 Å². The van der Waals surface area contributed by atoms with E-state index in [1.807, 2.05) is 38.1 Å². The number of carbonyl (C=O) groups excluding carboxylic acids is 2. The van der Waals surface area contributed by atoms with Crippen molar-refractivity contribution in [2.75, 3.05) is 12.4 Å². The number of methoxy groups -OCH3 is 1. The van der Waals surface area contributed by atoms with E-state index in [2.05, 4.69) is 11.2 Å². The van der Waals surface area contributed by atoms with Gasteiger partial charge >= 0.3 is 5.97 Å². The molecule has 0 fully saturated rings. The van der Waals surface area contributed by atoms with Crippen molar-refractivity contribution >= 4 is 17.6 Å². The molecular weight excluding hydrogens is 370 g/mol. The molecule has 2 N–H and O–H groups in total. The number of para-hydroxylation sites is 1. The molecule has 1 heterocycles. The van der Waals surface area contributed by atoms with Crippen LogP contribution >= 0.6 is 0 Å². The van der Waals surface area contributed by atoms with Crippen LogP contribution in [0.25, 0.3) is 0 Å². The van der Waals surface area contributed by atoms with Crippen molar-refractivity contribution in [3.8, 4) is 18.1 Å². The largest absolute Gasteiger partial charge is 0.496 e. The van der Waals surface area contributed by atoms with Crippen molar-refractivity contribution in [3.63, 3.8) is 0 Å². The first kappa shape index (κ1) is 20.4. The SMILES string of the molecule is C#CC(O)(CC(C)(C)c1ccccc1OC)C(=O)Nc1ccc2c(c1)COC2=O. The second-order valence-electron chi connectivity index (χ2n) is 7.67. The van der Waals surface area contributed by atoms with E-state index in [-0.39, 0.29) is 13.0 Å². The Morgan fingerprint density at radius 3 is 2.72 bits per heavy atom. The summed E-state index contributed by atoms with van der Waals surface area (Å²) < 4.78 is 10.4. The van der Waals surface area contributed by atoms with E-state index in [1.54, 1.807) is 25.3 Å². The van der Waals surface area contributed by atoms with Crippen molar-refractivity contribution in [1.29, 1.82) is 0 Å². The molecule has 2 aromatic carbocycles. The Morgan fingerprint density at radius 1 is 1.31 bits per heavy atom. The van der Waals surface area contributed by atoms with Gasteiger partial charge in [0.25, 0.3) is 5.91 Å². The van der Waals surface area contributed by atoms with Crippen molar-refractivity contribution < 1.29 is 24.2 Å². The minimum Gasteiger partial charge on any atom is -0.496 e. The van der Waals surface area contributed by atoms with Crippen LogP contribution in [0, 0.1) is 12.3 Å². The van der Waals surface area contributed by atoms with Crippen LogP contribution in [-0.4, -0.2) is 29.7 Å². The predicted octanol–water partition coefficient (Wildman–Crippen LogP) is 3.04. The van der Waals surface area contributed by atoms with Gasteiger partial charge in [-0.25, -0.2) is 4.79 Å². The molecule has 1 atom stereocenters. The first-order chi connectivity index (χ1) is 13.7. The number of benzene rings is 2. The number of rotatable bonds is 6. The van der Waals surface area contributed by atoms with Crippen LogP contribution in [0.4, 0.5) is 5.69 Å². The summed E-state index contributed by atoms with van der Waals surface area (Å²) in [5.41, 5.74) is -0.300. The summed E-state index contributed by atoms with van der Waals surface area (Å²) in [6.45, 7) is 3.93. The van der Waals surface area contributed by atoms with Crippen LogP contribution in [0.3, 0.4) is 0 Å². The molecule has 1 amide bonds. The monoisotopic (exact) mass is 393 g/mol. The molecule has 1 aliphatic rings. The highest BCUT2D eigenvalue weighted by atomic mass is 16.5. The predicted molar refractivity (Wildman–Crippen MR) is 109 cm³/mol. The number of esters is 1. The van der Waals surface area contributed by atoms with Gasteiger partial charge in [0.15, 0.2) is 0 Å². The number of fused-ring (bicyclic) bond motifs is 1. The minimum atomic E-state index is -2.05. The number of amides is 1. The van der Waals surface area contributed by atoms with Crippen molar-refractivity contribution in [3.05, 3.63) is 59.2 Å². The molecule has 0 saturated carbocycles. The number of anilines is 1. The number of nitrogens with one attached hydrogen (secondary N) is 1. The van der Waals surface area contributed by atoms with Crippen LogP contribution in [0.1, 0.15) is 41.8 Å². The van der Waals surface area contributed by atoms with Gasteiger partial charge in [-0.3, -0.25) is 4.79 Å². The number of terminal acetylenes is 1. The van der Waals surface area contributed by atoms with Crippen molar-refractivity contribution in [2.24, 2.45) is 0 Å². The number of ether oxygens (including phenoxy) is 2. The Hall–Kier alpha value is -3.30. The lowest BCUT2D eigenvalue weighted by Gasteiger charge is -2.33. The zero-order valence-corrected chi connectivity index (χ0v) is 16.6. The fraction of sp³-hybridized carbons (Fsp3) is 0.304. The Bertz CT molecular complexity index is 1000. The molecule has 0 aromatic heterocycles. The van der Waals surface area contributed by atoms with Gasteiger partial charge in [0.05, 0.1) is 12.7 Å². The number of hydrogen-bond donors (Lipinski definition) is 2. The summed E-state index contributed by atoms with van der Waals surface area (Å²) >= 11 is 0. The maximum atomic E-state index is 12.9. The topological polar surface area (TPSA) is 84.9 Å². The standard InChI is InChI=1S/C23H23NO5/c1-5-23(27,14-22(2,3)18-8-6-7-9-19(18)28-4)21(26)24-16-10-11-17-15(12-16)13-29-20(17)25/h1,6-12,27H,13-14H2,2-4H3,(H,24,26). The number of aliphatic hydroxyl groups is 1. The van der Waals surface area contributed by atoms with E-state index in [0.29, 0.717) is 22.6 Å². The molecule has 2 aromatic rings. The molecule has 0 aliphatic carbocycles. The average molecular weight is 393 g/mol. The summed E-state index contributed by atoms with van der Waals surface area (Å²) in [4.78, 5) is 24.4. The van der Waals surface area contributed by atoms with E-state index >= 15 is 0 Å². The van der Waals surface area contributed by atoms with Gasteiger partial charge in [0, 0.05) is 17.7 Å². The van der Waals surface area contributed by atoms with Gasteiger partial charge < -0.3 is 19.9 Å². The number of hydrogen-bond acceptors (Lipinski definition) is 5. The van der Waals surface area contributed by atoms with Crippen LogP contribution in [0.5, 0.6) is 5.75 Å². The number of cyclic esters (lactones) is 1. The number of carbonyl (C=O) groups is 2. The molecule has 150 valence electrons. The minimum absolute atomic E-state index is 0.0186. The highest BCUT2D eigenvalue weighted by molar-refractivity contribution is 6.00. The summed E-state index contributed by atoms with van der Waals surface area (Å²) in [6.07, 6.45) is 5.55. The van der Waals surface area contributed by atoms with E-state index in [4.69, 9.17) is 15.9 Å². The van der Waals surface area contributed by atoms with Gasteiger partial charge in [-0.05, 0) is 35.2 Å². The third kappa shape index (κ3) is 3.96. The Balaban J connectivity index is 1.82. The Labute approximate surface area is 169 Å². The molecule has 6 nitrogen and oxygen atoms in total. The summed E-state index contributed by atoms with van der Waals surface area (Å²) in [5, 5.41) is 13.6. The molecular formula is C23H23NO5. The lowest BCUT2D eigenvalue weighted by Crippen LogP contribution is -2.46. The zero-order chi connectivity index (χ0) is 21.2. The summed E-state index contributed by atoms with van der Waals surface area (Å²) in [7, 11) is 1.57. The van der Waals surface area contributed by atoms with E-state index in [0.717, 1.165) is 5.56 Å². The highest BCUT2D eigenvalue weighted by Crippen LogP contribution is 2.38. The van der Waals surface area contributed by atoms with E-state index in [1.165, 1.54) is 0 Å². The normalized spacial score (nSPS) is 14.9. The van der Waals surface area contributed by atoms with Gasteiger partial charge in [0.2, 0.25) is 5.60 Å². The smallest absolute Gasteiger partial charge is 0.338 e. The van der Waals surface area contributed by atoms with Gasteiger partial charge in [-0.1, -0.05) is 38.0 Å². The molecule has 1 aliphatic heterocycles. The second kappa shape index (κ2) is 7.61. The van der Waals surface area contributed by atoms with Crippen molar-refractivity contribution in [2.45, 2.75) is 37.9 Å². The lowest BCUT2D eigenvalue weighted by atomic mass is 9.74. The quantitative estimate of drug-likeness (QED) is 0.582. The zero-order valence-electron chi connectivity index (χ0n) is 16.6. The van der Waals surface area contributed by atoms with Crippen LogP contribution in [0.2, 0.25) is 0 Å². The maximum Gasteiger partial charge on any atom is 0.338 e. The van der Waals surface area contributed by atoms with Crippen molar-refractivity contribution in [1.82, 2.24) is 0 Å². The van der Waals surface area contributed by atoms with Gasteiger partial charge in [-0.15, -0.1) is 6.42 Å².